The highest BCUT2D eigenvalue weighted by molar-refractivity contribution is 7.17. The summed E-state index contributed by atoms with van der Waals surface area (Å²) in [5.74, 6) is -1.45. The summed E-state index contributed by atoms with van der Waals surface area (Å²) in [7, 11) is 2.96. The molecule has 0 saturated carbocycles. The maximum absolute atomic E-state index is 13.7. The molecule has 1 aliphatic rings. The van der Waals surface area contributed by atoms with E-state index in [1.807, 2.05) is 37.3 Å². The van der Waals surface area contributed by atoms with E-state index in [4.69, 9.17) is 18.9 Å². The molecule has 2 heterocycles. The first-order chi connectivity index (χ1) is 22.2. The average Bonchev–Trinajstić information content (AvgIpc) is 3.58. The Labute approximate surface area is 270 Å². The van der Waals surface area contributed by atoms with Crippen LogP contribution < -0.4 is 19.1 Å². The fourth-order valence-corrected chi connectivity index (χ4v) is 6.08. The highest BCUT2D eigenvalue weighted by Crippen LogP contribution is 2.45. The zero-order chi connectivity index (χ0) is 33.0. The van der Waals surface area contributed by atoms with Crippen molar-refractivity contribution in [3.8, 4) is 17.2 Å². The summed E-state index contributed by atoms with van der Waals surface area (Å²) in [6.07, 6.45) is 1.44. The molecule has 10 nitrogen and oxygen atoms in total. The van der Waals surface area contributed by atoms with Crippen LogP contribution in [0.5, 0.6) is 17.2 Å². The van der Waals surface area contributed by atoms with E-state index < -0.39 is 23.7 Å². The monoisotopic (exact) mass is 640 g/mol. The molecular weight excluding hydrogens is 608 g/mol. The van der Waals surface area contributed by atoms with E-state index in [9.17, 15) is 19.5 Å². The van der Waals surface area contributed by atoms with Gasteiger partial charge in [0, 0.05) is 5.56 Å². The largest absolute Gasteiger partial charge is 0.507 e. The number of carbonyl (C=O) groups excluding carboxylic acids is 3. The van der Waals surface area contributed by atoms with Gasteiger partial charge in [0.2, 0.25) is 0 Å². The topological polar surface area (TPSA) is 124 Å². The molecule has 236 valence electrons. The number of anilines is 1. The Hall–Kier alpha value is -5.42. The number of carbonyl (C=O) groups is 3. The Morgan fingerprint density at radius 1 is 1.00 bits per heavy atom. The number of benzene rings is 3. The van der Waals surface area contributed by atoms with Crippen molar-refractivity contribution in [3.63, 3.8) is 0 Å². The lowest BCUT2D eigenvalue weighted by Crippen LogP contribution is -2.29. The zero-order valence-electron chi connectivity index (χ0n) is 25.7. The van der Waals surface area contributed by atoms with E-state index in [0.717, 1.165) is 22.5 Å². The van der Waals surface area contributed by atoms with E-state index in [1.54, 1.807) is 43.3 Å². The van der Waals surface area contributed by atoms with Gasteiger partial charge in [-0.3, -0.25) is 14.5 Å². The third-order valence-corrected chi connectivity index (χ3v) is 8.50. The van der Waals surface area contributed by atoms with Crippen LogP contribution in [-0.2, 0) is 20.9 Å². The van der Waals surface area contributed by atoms with E-state index in [0.29, 0.717) is 40.7 Å². The number of ketones is 1. The minimum atomic E-state index is -1.11. The molecular formula is C35H32N2O8S. The number of rotatable bonds is 11. The van der Waals surface area contributed by atoms with Gasteiger partial charge in [0.1, 0.15) is 29.6 Å². The van der Waals surface area contributed by atoms with Crippen LogP contribution in [0.2, 0.25) is 0 Å². The van der Waals surface area contributed by atoms with Crippen LogP contribution in [0.4, 0.5) is 5.13 Å². The van der Waals surface area contributed by atoms with Crippen LogP contribution in [-0.4, -0.2) is 48.6 Å². The van der Waals surface area contributed by atoms with Crippen molar-refractivity contribution in [3.05, 3.63) is 118 Å². The van der Waals surface area contributed by atoms with Crippen LogP contribution in [0.1, 0.15) is 43.7 Å². The van der Waals surface area contributed by atoms with Crippen molar-refractivity contribution in [2.24, 2.45) is 0 Å². The van der Waals surface area contributed by atoms with Crippen molar-refractivity contribution in [2.45, 2.75) is 26.5 Å². The van der Waals surface area contributed by atoms with Crippen molar-refractivity contribution < 1.29 is 38.4 Å². The van der Waals surface area contributed by atoms with Gasteiger partial charge in [0.25, 0.3) is 5.78 Å². The Kier molecular flexibility index (Phi) is 9.53. The number of methoxy groups -OCH3 is 2. The lowest BCUT2D eigenvalue weighted by molar-refractivity contribution is -0.132. The number of Topliss-reactive ketones (excluding diaryl/α,β-unsaturated/α-hetero) is 1. The number of hydrogen-bond acceptors (Lipinski definition) is 10. The first-order valence-corrected chi connectivity index (χ1v) is 15.1. The molecule has 1 saturated heterocycles. The molecule has 1 N–H and O–H groups in total. The summed E-state index contributed by atoms with van der Waals surface area (Å²) in [5, 5.41) is 11.8. The van der Waals surface area contributed by atoms with E-state index in [-0.39, 0.29) is 27.9 Å². The Morgan fingerprint density at radius 3 is 2.39 bits per heavy atom. The van der Waals surface area contributed by atoms with Gasteiger partial charge in [-0.25, -0.2) is 9.78 Å². The molecule has 4 aromatic rings. The van der Waals surface area contributed by atoms with Gasteiger partial charge in [0.05, 0.1) is 31.5 Å². The van der Waals surface area contributed by atoms with E-state index in [2.05, 4.69) is 11.6 Å². The van der Waals surface area contributed by atoms with Gasteiger partial charge in [-0.15, -0.1) is 0 Å². The van der Waals surface area contributed by atoms with E-state index in [1.165, 1.54) is 25.2 Å². The molecule has 0 bridgehead atoms. The molecule has 1 aromatic heterocycles. The van der Waals surface area contributed by atoms with Gasteiger partial charge in [0.15, 0.2) is 16.6 Å². The Bertz CT molecular complexity index is 1850. The van der Waals surface area contributed by atoms with Gasteiger partial charge in [-0.1, -0.05) is 60.4 Å². The maximum Gasteiger partial charge on any atom is 0.350 e. The summed E-state index contributed by atoms with van der Waals surface area (Å²) in [5.41, 5.74) is 2.65. The van der Waals surface area contributed by atoms with Gasteiger partial charge in [-0.2, -0.15) is 0 Å². The minimum absolute atomic E-state index is 0.00281. The fourth-order valence-electron chi connectivity index (χ4n) is 5.09. The molecule has 0 aliphatic carbocycles. The summed E-state index contributed by atoms with van der Waals surface area (Å²) in [4.78, 5) is 45.9. The SMILES string of the molecule is C=CCOC(=O)c1sc(N2C(=O)C(=O)/C(=C(\O)c3ccc(OCc4ccccc4)c(C)c3)C2c2ccc(OC)c(OC)c2)nc1C. The molecule has 1 aliphatic heterocycles. The number of aliphatic hydroxyl groups is 1. The Balaban J connectivity index is 1.60. The molecule has 1 amide bonds. The molecule has 1 fully saturated rings. The number of aromatic nitrogens is 1. The summed E-state index contributed by atoms with van der Waals surface area (Å²) in [6.45, 7) is 7.34. The lowest BCUT2D eigenvalue weighted by Gasteiger charge is -2.24. The normalized spacial score (nSPS) is 15.5. The number of aryl methyl sites for hydroxylation is 2. The molecule has 0 radical (unpaired) electrons. The van der Waals surface area contributed by atoms with Crippen molar-refractivity contribution in [1.82, 2.24) is 4.98 Å². The van der Waals surface area contributed by atoms with Crippen molar-refractivity contribution >= 4 is 39.9 Å². The maximum atomic E-state index is 13.7. The molecule has 5 rings (SSSR count). The molecule has 0 spiro atoms. The van der Waals surface area contributed by atoms with Crippen LogP contribution in [0, 0.1) is 13.8 Å². The zero-order valence-corrected chi connectivity index (χ0v) is 26.6. The molecule has 46 heavy (non-hydrogen) atoms. The molecule has 3 aromatic carbocycles. The number of amides is 1. The van der Waals surface area contributed by atoms with Gasteiger partial charge >= 0.3 is 11.9 Å². The van der Waals surface area contributed by atoms with Crippen molar-refractivity contribution in [1.29, 1.82) is 0 Å². The quantitative estimate of drug-likeness (QED) is 0.0659. The number of ether oxygens (including phenoxy) is 4. The second kappa shape index (κ2) is 13.7. The fraction of sp³-hybridized carbons (Fsp3) is 0.200. The third kappa shape index (κ3) is 6.22. The second-order valence-electron chi connectivity index (χ2n) is 10.3. The van der Waals surface area contributed by atoms with E-state index >= 15 is 0 Å². The standard InChI is InChI=1S/C35H32N2O8S/c1-6-16-44-34(41)32-21(3)36-35(46-32)37-29(23-12-15-26(42-4)27(18-23)43-5)28(31(39)33(37)40)30(38)24-13-14-25(20(2)17-24)45-19-22-10-8-7-9-11-22/h6-15,17-18,29,38H,1,16,19H2,2-5H3/b30-28-. The smallest absolute Gasteiger partial charge is 0.350 e. The summed E-state index contributed by atoms with van der Waals surface area (Å²) in [6, 6.07) is 18.6. The number of hydrogen-bond donors (Lipinski definition) is 1. The highest BCUT2D eigenvalue weighted by Gasteiger charge is 2.48. The predicted octanol–water partition coefficient (Wildman–Crippen LogP) is 6.33. The van der Waals surface area contributed by atoms with Crippen molar-refractivity contribution in [2.75, 3.05) is 25.7 Å². The predicted molar refractivity (Wildman–Crippen MR) is 174 cm³/mol. The first kappa shape index (κ1) is 32.0. The summed E-state index contributed by atoms with van der Waals surface area (Å²) < 4.78 is 22.1. The lowest BCUT2D eigenvalue weighted by atomic mass is 9.94. The van der Waals surface area contributed by atoms with Gasteiger partial charge in [-0.05, 0) is 60.9 Å². The molecule has 1 unspecified atom stereocenters. The number of thiazole rings is 1. The minimum Gasteiger partial charge on any atom is -0.507 e. The number of aliphatic hydroxyl groups excluding tert-OH is 1. The molecule has 11 heteroatoms. The number of esters is 1. The Morgan fingerprint density at radius 2 is 1.72 bits per heavy atom. The highest BCUT2D eigenvalue weighted by atomic mass is 32.1. The summed E-state index contributed by atoms with van der Waals surface area (Å²) >= 11 is 0.911. The second-order valence-corrected chi connectivity index (χ2v) is 11.3. The average molecular weight is 641 g/mol. The molecule has 1 atom stereocenters. The van der Waals surface area contributed by atoms with Crippen LogP contribution in [0.15, 0.2) is 85.0 Å². The first-order valence-electron chi connectivity index (χ1n) is 14.2. The van der Waals surface area contributed by atoms with Gasteiger partial charge < -0.3 is 24.1 Å². The third-order valence-electron chi connectivity index (χ3n) is 7.36. The van der Waals surface area contributed by atoms with Crippen LogP contribution in [0.25, 0.3) is 5.76 Å². The van der Waals surface area contributed by atoms with Crippen LogP contribution in [0.3, 0.4) is 0 Å². The number of nitrogens with zero attached hydrogens (tertiary/aromatic N) is 2. The van der Waals surface area contributed by atoms with Crippen LogP contribution >= 0.6 is 11.3 Å².